The van der Waals surface area contributed by atoms with Gasteiger partial charge in [0.05, 0.1) is 0 Å². The van der Waals surface area contributed by atoms with Gasteiger partial charge >= 0.3 is 0 Å². The van der Waals surface area contributed by atoms with E-state index >= 15 is 0 Å². The molecule has 1 aromatic rings. The molecule has 1 aromatic carbocycles. The Morgan fingerprint density at radius 1 is 0.941 bits per heavy atom. The minimum absolute atomic E-state index is 0.420. The molecule has 0 saturated heterocycles. The van der Waals surface area contributed by atoms with E-state index in [0.717, 1.165) is 5.92 Å². The molecule has 2 atom stereocenters. The van der Waals surface area contributed by atoms with Gasteiger partial charge in [0.25, 0.3) is 0 Å². The van der Waals surface area contributed by atoms with Crippen molar-refractivity contribution in [3.8, 4) is 0 Å². The van der Waals surface area contributed by atoms with Crippen LogP contribution >= 0.6 is 0 Å². The molecule has 1 aliphatic rings. The van der Waals surface area contributed by atoms with E-state index in [1.807, 2.05) is 13.8 Å². The van der Waals surface area contributed by atoms with Crippen LogP contribution in [0.2, 0.25) is 0 Å². The SMILES string of the molecule is CC.CC(C)C1(C)C(C)c2ccccc2C1C. The van der Waals surface area contributed by atoms with Crippen LogP contribution in [0.5, 0.6) is 0 Å². The van der Waals surface area contributed by atoms with Crippen molar-refractivity contribution in [3.63, 3.8) is 0 Å². The second kappa shape index (κ2) is 5.25. The average Bonchev–Trinajstić information content (AvgIpc) is 2.56. The van der Waals surface area contributed by atoms with Gasteiger partial charge in [-0.2, -0.15) is 0 Å². The lowest BCUT2D eigenvalue weighted by molar-refractivity contribution is 0.159. The molecule has 17 heavy (non-hydrogen) atoms. The first-order chi connectivity index (χ1) is 7.99. The average molecular weight is 232 g/mol. The molecule has 2 unspecified atom stereocenters. The molecule has 0 aromatic heterocycles. The first-order valence-electron chi connectivity index (χ1n) is 7.08. The zero-order valence-electron chi connectivity index (χ0n) is 12.5. The molecule has 0 amide bonds. The van der Waals surface area contributed by atoms with Gasteiger partial charge in [-0.15, -0.1) is 0 Å². The summed E-state index contributed by atoms with van der Waals surface area (Å²) in [6, 6.07) is 8.97. The van der Waals surface area contributed by atoms with Crippen LogP contribution in [0.3, 0.4) is 0 Å². The van der Waals surface area contributed by atoms with Crippen LogP contribution in [0.15, 0.2) is 24.3 Å². The predicted octanol–water partition coefficient (Wildman–Crippen LogP) is 5.60. The van der Waals surface area contributed by atoms with Gasteiger partial charge in [0.2, 0.25) is 0 Å². The smallest absolute Gasteiger partial charge is 0.0125 e. The van der Waals surface area contributed by atoms with Crippen molar-refractivity contribution < 1.29 is 0 Å². The monoisotopic (exact) mass is 232 g/mol. The van der Waals surface area contributed by atoms with Crippen molar-refractivity contribution in [2.45, 2.75) is 60.3 Å². The third kappa shape index (κ3) is 2.03. The third-order valence-corrected chi connectivity index (χ3v) is 5.04. The fraction of sp³-hybridized carbons (Fsp3) is 0.647. The first-order valence-corrected chi connectivity index (χ1v) is 7.08. The predicted molar refractivity (Wildman–Crippen MR) is 77.6 cm³/mol. The van der Waals surface area contributed by atoms with Gasteiger partial charge in [-0.1, -0.05) is 72.7 Å². The zero-order valence-corrected chi connectivity index (χ0v) is 12.5. The molecule has 96 valence electrons. The molecule has 0 saturated carbocycles. The Hall–Kier alpha value is -0.780. The summed E-state index contributed by atoms with van der Waals surface area (Å²) in [6.07, 6.45) is 0. The molecular weight excluding hydrogens is 204 g/mol. The van der Waals surface area contributed by atoms with Gasteiger partial charge in [-0.25, -0.2) is 0 Å². The van der Waals surface area contributed by atoms with Crippen molar-refractivity contribution in [1.82, 2.24) is 0 Å². The second-order valence-corrected chi connectivity index (χ2v) is 5.59. The molecule has 0 radical (unpaired) electrons. The van der Waals surface area contributed by atoms with E-state index in [4.69, 9.17) is 0 Å². The first kappa shape index (κ1) is 14.3. The highest BCUT2D eigenvalue weighted by atomic mass is 14.5. The largest absolute Gasteiger partial charge is 0.0683 e. The quantitative estimate of drug-likeness (QED) is 0.591. The lowest BCUT2D eigenvalue weighted by Gasteiger charge is -2.38. The summed E-state index contributed by atoms with van der Waals surface area (Å²) in [5, 5.41) is 0. The summed E-state index contributed by atoms with van der Waals surface area (Å²) >= 11 is 0. The molecule has 0 bridgehead atoms. The molecule has 0 aliphatic heterocycles. The Balaban J connectivity index is 0.000000686. The fourth-order valence-electron chi connectivity index (χ4n) is 3.34. The Kier molecular flexibility index (Phi) is 4.41. The fourth-order valence-corrected chi connectivity index (χ4v) is 3.34. The van der Waals surface area contributed by atoms with E-state index < -0.39 is 0 Å². The van der Waals surface area contributed by atoms with Crippen LogP contribution in [0.25, 0.3) is 0 Å². The minimum Gasteiger partial charge on any atom is -0.0683 e. The molecule has 0 fully saturated rings. The molecule has 2 rings (SSSR count). The summed E-state index contributed by atoms with van der Waals surface area (Å²) in [7, 11) is 0. The maximum atomic E-state index is 2.45. The minimum atomic E-state index is 0.420. The Morgan fingerprint density at radius 3 is 1.59 bits per heavy atom. The Bertz CT molecular complexity index is 333. The number of benzene rings is 1. The van der Waals surface area contributed by atoms with Gasteiger partial charge in [0.15, 0.2) is 0 Å². The molecule has 0 N–H and O–H groups in total. The van der Waals surface area contributed by atoms with Gasteiger partial charge in [0, 0.05) is 0 Å². The normalized spacial score (nSPS) is 30.8. The highest BCUT2D eigenvalue weighted by molar-refractivity contribution is 5.41. The lowest BCUT2D eigenvalue weighted by atomic mass is 9.66. The van der Waals surface area contributed by atoms with Crippen molar-refractivity contribution in [3.05, 3.63) is 35.4 Å². The standard InChI is InChI=1S/C15H22.C2H6/c1-10(2)15(5)11(3)13-8-6-7-9-14(13)12(15)4;1-2/h6-12H,1-5H3;1-2H3. The van der Waals surface area contributed by atoms with E-state index in [1.165, 1.54) is 0 Å². The van der Waals surface area contributed by atoms with Crippen LogP contribution in [0, 0.1) is 11.3 Å². The van der Waals surface area contributed by atoms with Crippen LogP contribution in [-0.2, 0) is 0 Å². The van der Waals surface area contributed by atoms with Crippen LogP contribution in [0.4, 0.5) is 0 Å². The molecule has 0 spiro atoms. The van der Waals surface area contributed by atoms with Gasteiger partial charge in [-0.05, 0) is 34.3 Å². The number of rotatable bonds is 1. The summed E-state index contributed by atoms with van der Waals surface area (Å²) in [6.45, 7) is 16.0. The summed E-state index contributed by atoms with van der Waals surface area (Å²) in [5.41, 5.74) is 3.56. The Labute approximate surface area is 107 Å². The highest BCUT2D eigenvalue weighted by Gasteiger charge is 2.46. The van der Waals surface area contributed by atoms with Crippen molar-refractivity contribution >= 4 is 0 Å². The molecular formula is C17H28. The van der Waals surface area contributed by atoms with E-state index in [-0.39, 0.29) is 0 Å². The van der Waals surface area contributed by atoms with Crippen LogP contribution in [0.1, 0.15) is 71.4 Å². The molecule has 1 aliphatic carbocycles. The van der Waals surface area contributed by atoms with Crippen molar-refractivity contribution in [2.24, 2.45) is 11.3 Å². The van der Waals surface area contributed by atoms with Crippen LogP contribution in [-0.4, -0.2) is 0 Å². The summed E-state index contributed by atoms with van der Waals surface area (Å²) in [5.74, 6) is 2.10. The molecule has 0 heteroatoms. The summed E-state index contributed by atoms with van der Waals surface area (Å²) < 4.78 is 0. The zero-order chi connectivity index (χ0) is 13.2. The number of fused-ring (bicyclic) bond motifs is 1. The van der Waals surface area contributed by atoms with E-state index in [0.29, 0.717) is 17.3 Å². The highest BCUT2D eigenvalue weighted by Crippen LogP contribution is 2.58. The van der Waals surface area contributed by atoms with Crippen molar-refractivity contribution in [2.75, 3.05) is 0 Å². The van der Waals surface area contributed by atoms with E-state index in [9.17, 15) is 0 Å². The van der Waals surface area contributed by atoms with E-state index in [2.05, 4.69) is 58.9 Å². The molecule has 0 heterocycles. The topological polar surface area (TPSA) is 0 Å². The maximum absolute atomic E-state index is 2.45. The second-order valence-electron chi connectivity index (χ2n) is 5.59. The Morgan fingerprint density at radius 2 is 1.29 bits per heavy atom. The van der Waals surface area contributed by atoms with Gasteiger partial charge in [-0.3, -0.25) is 0 Å². The lowest BCUT2D eigenvalue weighted by Crippen LogP contribution is -2.29. The van der Waals surface area contributed by atoms with Crippen LogP contribution < -0.4 is 0 Å². The number of hydrogen-bond acceptors (Lipinski definition) is 0. The maximum Gasteiger partial charge on any atom is -0.0125 e. The van der Waals surface area contributed by atoms with Gasteiger partial charge < -0.3 is 0 Å². The van der Waals surface area contributed by atoms with E-state index in [1.54, 1.807) is 11.1 Å². The third-order valence-electron chi connectivity index (χ3n) is 5.04. The summed E-state index contributed by atoms with van der Waals surface area (Å²) in [4.78, 5) is 0. The van der Waals surface area contributed by atoms with Crippen molar-refractivity contribution in [1.29, 1.82) is 0 Å². The molecule has 0 nitrogen and oxygen atoms in total. The number of hydrogen-bond donors (Lipinski definition) is 0. The van der Waals surface area contributed by atoms with Gasteiger partial charge in [0.1, 0.15) is 0 Å².